The van der Waals surface area contributed by atoms with Gasteiger partial charge in [-0.1, -0.05) is 253 Å². The average molecular weight is 1050 g/mol. The third-order valence-electron chi connectivity index (χ3n) is 13.7. The Kier molecular flexibility index (Phi) is 27.1. The molecule has 2 nitrogen and oxygen atoms in total. The Morgan fingerprint density at radius 1 is 0.392 bits per heavy atom. The minimum Gasteiger partial charge on any atom is -0.505 e. The van der Waals surface area contributed by atoms with Gasteiger partial charge in [0.15, 0.2) is 23.1 Å². The molecule has 0 aliphatic carbocycles. The van der Waals surface area contributed by atoms with Crippen LogP contribution in [-0.2, 0) is 12.8 Å². The van der Waals surface area contributed by atoms with E-state index in [0.29, 0.717) is 17.7 Å². The molecule has 0 atom stereocenters. The normalized spacial score (nSPS) is 11.4. The summed E-state index contributed by atoms with van der Waals surface area (Å²) in [6.07, 6.45) is 22.1. The van der Waals surface area contributed by atoms with Gasteiger partial charge in [0.1, 0.15) is 0 Å². The second-order valence-corrected chi connectivity index (χ2v) is 33.4. The van der Waals surface area contributed by atoms with Crippen LogP contribution in [0.5, 0.6) is 11.5 Å². The van der Waals surface area contributed by atoms with Gasteiger partial charge in [0, 0.05) is 27.3 Å². The van der Waals surface area contributed by atoms with Gasteiger partial charge in [0.2, 0.25) is 11.6 Å². The molecule has 0 aliphatic heterocycles. The van der Waals surface area contributed by atoms with Crippen LogP contribution in [0.25, 0.3) is 44.5 Å². The average Bonchev–Trinajstić information content (AvgIpc) is 3.39. The molecule has 8 heteroatoms. The van der Waals surface area contributed by atoms with E-state index in [2.05, 4.69) is 95.1 Å². The number of benzene rings is 6. The molecule has 6 aromatic rings. The summed E-state index contributed by atoms with van der Waals surface area (Å²) in [5.74, 6) is -4.67. The fraction of sp³-hybridized carbons (Fsp3) is 0.455. The molecule has 0 fully saturated rings. The third-order valence-corrected chi connectivity index (χ3v) is 23.5. The second-order valence-electron chi connectivity index (χ2n) is 22.0. The fourth-order valence-electron chi connectivity index (χ4n) is 10.0. The van der Waals surface area contributed by atoms with E-state index >= 15 is 4.39 Å². The molecule has 0 radical (unpaired) electrons. The van der Waals surface area contributed by atoms with Gasteiger partial charge in [0.25, 0.3) is 0 Å². The van der Waals surface area contributed by atoms with Gasteiger partial charge in [-0.2, -0.15) is 8.78 Å². The van der Waals surface area contributed by atoms with Crippen LogP contribution < -0.4 is 4.74 Å². The molecular weight excluding hydrogens is 957 g/mol. The van der Waals surface area contributed by atoms with Crippen molar-refractivity contribution in [1.29, 1.82) is 0 Å². The van der Waals surface area contributed by atoms with Crippen molar-refractivity contribution in [2.45, 2.75) is 188 Å². The molecule has 0 aliphatic rings. The third kappa shape index (κ3) is 21.0. The lowest BCUT2D eigenvalue weighted by Crippen LogP contribution is -2.37. The lowest BCUT2D eigenvalue weighted by molar-refractivity contribution is 0.285. The van der Waals surface area contributed by atoms with Crippen LogP contribution in [0.15, 0.2) is 121 Å². The monoisotopic (exact) mass is 1050 g/mol. The lowest BCUT2D eigenvalue weighted by Gasteiger charge is -2.29. The summed E-state index contributed by atoms with van der Waals surface area (Å²) in [6.45, 7) is 21.5. The maximum Gasteiger partial charge on any atom is 0.201 e. The maximum atomic E-state index is 15.1. The van der Waals surface area contributed by atoms with Crippen LogP contribution in [-0.4, -0.2) is 27.9 Å². The van der Waals surface area contributed by atoms with Crippen LogP contribution in [0.4, 0.5) is 17.6 Å². The first-order chi connectivity index (χ1) is 35.6. The highest BCUT2D eigenvalue weighted by atomic mass is 28.4. The standard InChI is InChI=1S/C39H58F2OSi2.C25H26F2O.C2H6/c1-7-8-9-12-15-18-32-19-21-33(22-20-32)34-23-25-35(26-24-34)36-27-28-37(39(41)38(36)40)42-29-16-13-10-11-14-17-30-44(5,6)31-43(2,3)4;1-2-3-4-5-6-7-18-8-10-19(11-9-18)20-12-14-21(15-13-20)22-16-17-23(28)25(27)24(22)26;1-2/h19-28H,7-18,29-31H2,1-6H3;8-17,28H,2-7H2,1H3;1-2H3. The highest BCUT2D eigenvalue weighted by Gasteiger charge is 2.28. The zero-order chi connectivity index (χ0) is 53.9. The number of unbranched alkanes of at least 4 members (excludes halogenated alkanes) is 13. The molecule has 0 aromatic heterocycles. The Morgan fingerprint density at radius 3 is 1.20 bits per heavy atom. The van der Waals surface area contributed by atoms with Crippen molar-refractivity contribution in [2.75, 3.05) is 6.61 Å². The summed E-state index contributed by atoms with van der Waals surface area (Å²) in [4.78, 5) is 0. The molecule has 0 spiro atoms. The molecule has 0 amide bonds. The number of aromatic hydroxyl groups is 1. The number of hydrogen-bond acceptors (Lipinski definition) is 2. The molecule has 74 heavy (non-hydrogen) atoms. The van der Waals surface area contributed by atoms with E-state index in [-0.39, 0.29) is 16.9 Å². The molecule has 1 N–H and O–H groups in total. The molecule has 6 aromatic carbocycles. The lowest BCUT2D eigenvalue weighted by atomic mass is 9.98. The molecule has 0 bridgehead atoms. The summed E-state index contributed by atoms with van der Waals surface area (Å²) in [7, 11) is -2.01. The Labute approximate surface area is 447 Å². The first-order valence-electron chi connectivity index (χ1n) is 28.3. The van der Waals surface area contributed by atoms with Crippen molar-refractivity contribution < 1.29 is 27.4 Å². The van der Waals surface area contributed by atoms with Crippen molar-refractivity contribution in [1.82, 2.24) is 0 Å². The number of phenolic OH excluding ortho intramolecular Hbond substituents is 1. The Bertz CT molecular complexity index is 2500. The zero-order valence-corrected chi connectivity index (χ0v) is 48.8. The molecule has 0 saturated heterocycles. The van der Waals surface area contributed by atoms with Gasteiger partial charge in [-0.25, -0.2) is 8.78 Å². The fourth-order valence-corrected chi connectivity index (χ4v) is 23.4. The summed E-state index contributed by atoms with van der Waals surface area (Å²) >= 11 is 0. The number of phenols is 1. The van der Waals surface area contributed by atoms with Gasteiger partial charge in [0.05, 0.1) is 6.61 Å². The SMILES string of the molecule is CC.CCCCCCCc1ccc(-c2ccc(-c3ccc(O)c(F)c3F)cc2)cc1.CCCCCCCc1ccc(-c2ccc(-c3ccc(OCCCCCCCC[Si](C)(C)C[Si](C)(C)C)c(F)c3F)cc2)cc1. The Balaban J connectivity index is 0.000000339. The van der Waals surface area contributed by atoms with Crippen LogP contribution in [0.2, 0.25) is 44.4 Å². The minimum atomic E-state index is -1.22. The highest BCUT2D eigenvalue weighted by Crippen LogP contribution is 2.34. The van der Waals surface area contributed by atoms with Gasteiger partial charge >= 0.3 is 0 Å². The van der Waals surface area contributed by atoms with E-state index in [4.69, 9.17) is 4.74 Å². The summed E-state index contributed by atoms with van der Waals surface area (Å²) in [6, 6.07) is 39.5. The van der Waals surface area contributed by atoms with E-state index in [0.717, 1.165) is 47.9 Å². The van der Waals surface area contributed by atoms with Crippen molar-refractivity contribution in [3.05, 3.63) is 156 Å². The molecule has 0 heterocycles. The number of aryl methyl sites for hydroxylation is 2. The predicted molar refractivity (Wildman–Crippen MR) is 316 cm³/mol. The van der Waals surface area contributed by atoms with Crippen LogP contribution >= 0.6 is 0 Å². The molecule has 0 saturated carbocycles. The van der Waals surface area contributed by atoms with Crippen molar-refractivity contribution >= 4 is 16.1 Å². The predicted octanol–water partition coefficient (Wildman–Crippen LogP) is 21.7. The quantitative estimate of drug-likeness (QED) is 0.0301. The summed E-state index contributed by atoms with van der Waals surface area (Å²) in [5.41, 5.74) is 10.2. The first kappa shape index (κ1) is 61.6. The topological polar surface area (TPSA) is 29.5 Å². The summed E-state index contributed by atoms with van der Waals surface area (Å²) < 4.78 is 63.2. The smallest absolute Gasteiger partial charge is 0.201 e. The van der Waals surface area contributed by atoms with E-state index in [1.807, 2.05) is 50.2 Å². The number of halogens is 4. The Morgan fingerprint density at radius 2 is 0.757 bits per heavy atom. The number of ether oxygens (including phenoxy) is 1. The minimum absolute atomic E-state index is 0.00270. The largest absolute Gasteiger partial charge is 0.505 e. The maximum absolute atomic E-state index is 15.1. The highest BCUT2D eigenvalue weighted by molar-refractivity contribution is 6.94. The molecular formula is C66H90F4O2Si2. The molecule has 6 rings (SSSR count). The Hall–Kier alpha value is -4.93. The zero-order valence-electron chi connectivity index (χ0n) is 46.8. The summed E-state index contributed by atoms with van der Waals surface area (Å²) in [5, 5.41) is 9.26. The van der Waals surface area contributed by atoms with Crippen molar-refractivity contribution in [3.63, 3.8) is 0 Å². The van der Waals surface area contributed by atoms with E-state index in [9.17, 15) is 18.3 Å². The second kappa shape index (κ2) is 32.5. The van der Waals surface area contributed by atoms with E-state index in [1.54, 1.807) is 24.3 Å². The van der Waals surface area contributed by atoms with Gasteiger partial charge in [-0.05, 0) is 101 Å². The van der Waals surface area contributed by atoms with Crippen LogP contribution in [0, 0.1) is 23.3 Å². The first-order valence-corrected chi connectivity index (χ1v) is 35.4. The number of hydrogen-bond donors (Lipinski definition) is 1. The molecule has 402 valence electrons. The van der Waals surface area contributed by atoms with Crippen LogP contribution in [0.1, 0.15) is 142 Å². The van der Waals surface area contributed by atoms with Crippen molar-refractivity contribution in [2.24, 2.45) is 0 Å². The van der Waals surface area contributed by atoms with Gasteiger partial charge in [-0.3, -0.25) is 0 Å². The van der Waals surface area contributed by atoms with E-state index in [1.165, 1.54) is 125 Å². The van der Waals surface area contributed by atoms with E-state index < -0.39 is 45.2 Å². The van der Waals surface area contributed by atoms with Crippen LogP contribution in [0.3, 0.4) is 0 Å². The van der Waals surface area contributed by atoms with Crippen molar-refractivity contribution in [3.8, 4) is 56.0 Å². The van der Waals surface area contributed by atoms with Gasteiger partial charge in [-0.15, -0.1) is 0 Å². The number of rotatable bonds is 28. The molecule has 0 unspecified atom stereocenters. The van der Waals surface area contributed by atoms with Gasteiger partial charge < -0.3 is 9.84 Å².